The van der Waals surface area contributed by atoms with Gasteiger partial charge < -0.3 is 25.5 Å². The summed E-state index contributed by atoms with van der Waals surface area (Å²) in [6.07, 6.45) is 2.36. The van der Waals surface area contributed by atoms with Gasteiger partial charge in [0.1, 0.15) is 11.3 Å². The summed E-state index contributed by atoms with van der Waals surface area (Å²) >= 11 is 0. The summed E-state index contributed by atoms with van der Waals surface area (Å²) in [6, 6.07) is 63.7. The van der Waals surface area contributed by atoms with Gasteiger partial charge in [0.25, 0.3) is 0 Å². The molecular formula is C58H38N2O5. The number of fused-ring (bicyclic) bond motifs is 7. The van der Waals surface area contributed by atoms with Crippen molar-refractivity contribution in [1.82, 2.24) is 9.55 Å². The lowest BCUT2D eigenvalue weighted by atomic mass is 9.85. The first-order valence-electron chi connectivity index (χ1n) is 21.4. The summed E-state index contributed by atoms with van der Waals surface area (Å²) in [6.45, 7) is 0. The maximum Gasteiger partial charge on any atom is 0.208 e. The number of aromatic hydroxyl groups is 5. The van der Waals surface area contributed by atoms with Gasteiger partial charge in [0.05, 0.1) is 5.52 Å². The number of pyridine rings is 1. The van der Waals surface area contributed by atoms with E-state index in [1.54, 1.807) is 6.20 Å². The second-order valence-corrected chi connectivity index (χ2v) is 16.7. The molecule has 0 spiro atoms. The quantitative estimate of drug-likeness (QED) is 0.0646. The Kier molecular flexibility index (Phi) is 8.54. The standard InChI is InChI=1S/C58H38N2O5/c61-53-52(54(62)56(64)57(65)55(53)63)60-49-24-23-39(31-47(49)48-26-34(32-59-58(48)60)25-33-11-2-1-3-12-33)37-15-10-16-40(28-37)50-43-17-6-8-19-45(43)51(46-20-9-7-18-44(46)50)41-22-21-38-27-35-13-4-5-14-36(35)29-42(38)30-41/h1-24,26-32,61-65H,25H2. The summed E-state index contributed by atoms with van der Waals surface area (Å²) in [5, 5.41) is 64.8. The number of phenols is 5. The summed E-state index contributed by atoms with van der Waals surface area (Å²) in [4.78, 5) is 4.84. The Morgan fingerprint density at radius 1 is 0.354 bits per heavy atom. The SMILES string of the molecule is Oc1c(O)c(O)c(-n2c3ccc(-c4cccc(-c5c6ccccc6c(-c6ccc7cc8ccccc8cc7c6)c6ccccc56)c4)cc3c3cc(Cc4ccccc4)cnc32)c(O)c1O. The van der Waals surface area contributed by atoms with Crippen molar-refractivity contribution in [3.8, 4) is 67.8 Å². The first kappa shape index (κ1) is 37.9. The monoisotopic (exact) mass is 842 g/mol. The molecule has 0 amide bonds. The summed E-state index contributed by atoms with van der Waals surface area (Å²) in [5.74, 6) is -4.55. The number of hydrogen-bond acceptors (Lipinski definition) is 6. The van der Waals surface area contributed by atoms with E-state index in [4.69, 9.17) is 4.98 Å². The van der Waals surface area contributed by atoms with Crippen molar-refractivity contribution in [2.75, 3.05) is 0 Å². The van der Waals surface area contributed by atoms with Gasteiger partial charge in [-0.15, -0.1) is 0 Å². The minimum Gasteiger partial charge on any atom is -0.503 e. The van der Waals surface area contributed by atoms with Crippen LogP contribution in [0, 0.1) is 0 Å². The van der Waals surface area contributed by atoms with Gasteiger partial charge in [-0.2, -0.15) is 0 Å². The van der Waals surface area contributed by atoms with Crippen molar-refractivity contribution in [1.29, 1.82) is 0 Å². The molecular weight excluding hydrogens is 805 g/mol. The predicted molar refractivity (Wildman–Crippen MR) is 262 cm³/mol. The summed E-state index contributed by atoms with van der Waals surface area (Å²) in [7, 11) is 0. The molecule has 0 unspecified atom stereocenters. The highest BCUT2D eigenvalue weighted by molar-refractivity contribution is 6.22. The Hall–Kier alpha value is -8.81. The lowest BCUT2D eigenvalue weighted by Gasteiger charge is -2.18. The van der Waals surface area contributed by atoms with Gasteiger partial charge in [0.2, 0.25) is 17.2 Å². The minimum atomic E-state index is -1.03. The van der Waals surface area contributed by atoms with Crippen LogP contribution in [0.5, 0.6) is 28.7 Å². The third kappa shape index (κ3) is 6.01. The van der Waals surface area contributed by atoms with Gasteiger partial charge in [-0.25, -0.2) is 4.98 Å². The van der Waals surface area contributed by atoms with Crippen LogP contribution >= 0.6 is 0 Å². The molecule has 5 N–H and O–H groups in total. The molecule has 10 aromatic carbocycles. The highest BCUT2D eigenvalue weighted by Gasteiger charge is 2.28. The molecule has 0 radical (unpaired) electrons. The predicted octanol–water partition coefficient (Wildman–Crippen LogP) is 13.9. The molecule has 310 valence electrons. The van der Waals surface area contributed by atoms with E-state index in [1.165, 1.54) is 31.7 Å². The molecule has 2 heterocycles. The zero-order valence-electron chi connectivity index (χ0n) is 34.7. The molecule has 0 saturated heterocycles. The maximum atomic E-state index is 11.2. The van der Waals surface area contributed by atoms with Crippen molar-refractivity contribution < 1.29 is 25.5 Å². The van der Waals surface area contributed by atoms with Crippen LogP contribution in [-0.4, -0.2) is 35.1 Å². The number of rotatable bonds is 6. The van der Waals surface area contributed by atoms with Crippen molar-refractivity contribution in [3.63, 3.8) is 0 Å². The van der Waals surface area contributed by atoms with E-state index in [-0.39, 0.29) is 5.69 Å². The molecule has 2 aromatic heterocycles. The lowest BCUT2D eigenvalue weighted by Crippen LogP contribution is -1.98. The van der Waals surface area contributed by atoms with Gasteiger partial charge in [-0.3, -0.25) is 4.57 Å². The highest BCUT2D eigenvalue weighted by atomic mass is 16.4. The molecule has 0 aliphatic rings. The largest absolute Gasteiger partial charge is 0.503 e. The zero-order chi connectivity index (χ0) is 43.9. The molecule has 0 aliphatic heterocycles. The number of nitrogens with zero attached hydrogens (tertiary/aromatic N) is 2. The van der Waals surface area contributed by atoms with Crippen LogP contribution in [0.25, 0.3) is 104 Å². The maximum absolute atomic E-state index is 11.2. The van der Waals surface area contributed by atoms with E-state index in [9.17, 15) is 25.5 Å². The van der Waals surface area contributed by atoms with Gasteiger partial charge >= 0.3 is 0 Å². The molecule has 0 saturated carbocycles. The van der Waals surface area contributed by atoms with E-state index in [0.29, 0.717) is 17.6 Å². The molecule has 0 fully saturated rings. The first-order valence-corrected chi connectivity index (χ1v) is 21.4. The second-order valence-electron chi connectivity index (χ2n) is 16.7. The van der Waals surface area contributed by atoms with Crippen LogP contribution in [0.2, 0.25) is 0 Å². The Balaban J connectivity index is 1.04. The highest BCUT2D eigenvalue weighted by Crippen LogP contribution is 2.54. The normalized spacial score (nSPS) is 11.8. The fraction of sp³-hybridized carbons (Fsp3) is 0.0172. The Morgan fingerprint density at radius 2 is 0.877 bits per heavy atom. The fourth-order valence-corrected chi connectivity index (χ4v) is 9.86. The van der Waals surface area contributed by atoms with E-state index in [0.717, 1.165) is 71.3 Å². The fourth-order valence-electron chi connectivity index (χ4n) is 9.86. The van der Waals surface area contributed by atoms with E-state index >= 15 is 0 Å². The third-order valence-corrected chi connectivity index (χ3v) is 12.9. The van der Waals surface area contributed by atoms with Crippen LogP contribution in [-0.2, 0) is 6.42 Å². The zero-order valence-corrected chi connectivity index (χ0v) is 34.7. The van der Waals surface area contributed by atoms with Gasteiger partial charge in [-0.05, 0) is 136 Å². The average molecular weight is 843 g/mol. The van der Waals surface area contributed by atoms with Crippen molar-refractivity contribution in [2.24, 2.45) is 0 Å². The Bertz CT molecular complexity index is 3840. The molecule has 7 nitrogen and oxygen atoms in total. The molecule has 65 heavy (non-hydrogen) atoms. The average Bonchev–Trinajstić information content (AvgIpc) is 3.66. The molecule has 0 bridgehead atoms. The topological polar surface area (TPSA) is 119 Å². The number of benzene rings is 10. The van der Waals surface area contributed by atoms with E-state index < -0.39 is 28.7 Å². The Labute approximate surface area is 372 Å². The molecule has 0 atom stereocenters. The minimum absolute atomic E-state index is 0.310. The van der Waals surface area contributed by atoms with Gasteiger partial charge in [-0.1, -0.05) is 140 Å². The van der Waals surface area contributed by atoms with Crippen molar-refractivity contribution in [2.45, 2.75) is 6.42 Å². The van der Waals surface area contributed by atoms with Crippen LogP contribution in [0.15, 0.2) is 188 Å². The smallest absolute Gasteiger partial charge is 0.208 e. The number of aromatic nitrogens is 2. The van der Waals surface area contributed by atoms with Crippen molar-refractivity contribution in [3.05, 3.63) is 199 Å². The van der Waals surface area contributed by atoms with Crippen LogP contribution < -0.4 is 0 Å². The van der Waals surface area contributed by atoms with Crippen LogP contribution in [0.3, 0.4) is 0 Å². The third-order valence-electron chi connectivity index (χ3n) is 12.9. The summed E-state index contributed by atoms with van der Waals surface area (Å²) < 4.78 is 1.50. The van der Waals surface area contributed by atoms with Crippen LogP contribution in [0.1, 0.15) is 11.1 Å². The number of phenolic OH excluding ortho intramolecular Hbond substituents is 5. The van der Waals surface area contributed by atoms with Crippen molar-refractivity contribution >= 4 is 65.0 Å². The molecule has 12 aromatic rings. The Morgan fingerprint density at radius 3 is 1.54 bits per heavy atom. The molecule has 0 aliphatic carbocycles. The molecule has 12 rings (SSSR count). The second kappa shape index (κ2) is 14.6. The van der Waals surface area contributed by atoms with Crippen LogP contribution in [0.4, 0.5) is 0 Å². The first-order chi connectivity index (χ1) is 31.8. The summed E-state index contributed by atoms with van der Waals surface area (Å²) in [5.41, 5.74) is 9.12. The number of hydrogen-bond donors (Lipinski definition) is 5. The van der Waals surface area contributed by atoms with E-state index in [1.807, 2.05) is 36.4 Å². The van der Waals surface area contributed by atoms with E-state index in [2.05, 4.69) is 146 Å². The molecule has 7 heteroatoms. The van der Waals surface area contributed by atoms with Gasteiger partial charge in [0.15, 0.2) is 11.5 Å². The lowest BCUT2D eigenvalue weighted by molar-refractivity contribution is 0.327. The van der Waals surface area contributed by atoms with Gasteiger partial charge in [0, 0.05) is 17.0 Å².